The zero-order valence-corrected chi connectivity index (χ0v) is 18.8. The Balaban J connectivity index is 1.47. The predicted octanol–water partition coefficient (Wildman–Crippen LogP) is 2.82. The molecule has 2 aliphatic rings. The molecule has 2 amide bonds. The molecule has 1 unspecified atom stereocenters. The van der Waals surface area contributed by atoms with Gasteiger partial charge in [-0.05, 0) is 38.6 Å². The molecule has 2 heterocycles. The Labute approximate surface area is 186 Å². The Morgan fingerprint density at radius 2 is 2.10 bits per heavy atom. The molecule has 2 N–H and O–H groups in total. The average molecular weight is 451 g/mol. The lowest BCUT2D eigenvalue weighted by Crippen LogP contribution is -2.41. The van der Waals surface area contributed by atoms with Crippen LogP contribution in [0.4, 0.5) is 9.52 Å². The van der Waals surface area contributed by atoms with Crippen LogP contribution >= 0.6 is 11.3 Å². The quantitative estimate of drug-likeness (QED) is 0.560. The van der Waals surface area contributed by atoms with Crippen molar-refractivity contribution in [2.75, 3.05) is 25.0 Å². The molecule has 1 aromatic heterocycles. The standard InChI is InChI=1S/C21H31FN6O2S/c1-2-17-26-27-20(31-17)25-19(30)21(7-4-3-5-8-21)9-6-10-24-13-18(29)28-14-15(22)11-16(28)12-23/h15-16,24H,2-11,13-14H2,1H3,(H,25,27,30)/t15?,16-/m0/s1. The fourth-order valence-electron chi connectivity index (χ4n) is 4.53. The molecular weight excluding hydrogens is 419 g/mol. The maximum absolute atomic E-state index is 13.5. The van der Waals surface area contributed by atoms with Gasteiger partial charge in [-0.25, -0.2) is 4.39 Å². The average Bonchev–Trinajstić information content (AvgIpc) is 3.39. The highest BCUT2D eigenvalue weighted by molar-refractivity contribution is 7.15. The molecule has 1 saturated heterocycles. The molecular formula is C21H31FN6O2S. The van der Waals surface area contributed by atoms with Crippen LogP contribution in [0.15, 0.2) is 0 Å². The highest BCUT2D eigenvalue weighted by atomic mass is 32.1. The molecule has 0 radical (unpaired) electrons. The Morgan fingerprint density at radius 3 is 2.77 bits per heavy atom. The van der Waals surface area contributed by atoms with E-state index in [-0.39, 0.29) is 31.3 Å². The van der Waals surface area contributed by atoms with Gasteiger partial charge >= 0.3 is 0 Å². The summed E-state index contributed by atoms with van der Waals surface area (Å²) in [4.78, 5) is 26.7. The van der Waals surface area contributed by atoms with Crippen molar-refractivity contribution in [1.29, 1.82) is 5.26 Å². The van der Waals surface area contributed by atoms with Crippen LogP contribution < -0.4 is 10.6 Å². The van der Waals surface area contributed by atoms with Gasteiger partial charge in [0.25, 0.3) is 0 Å². The first-order chi connectivity index (χ1) is 15.0. The van der Waals surface area contributed by atoms with E-state index in [9.17, 15) is 14.0 Å². The third kappa shape index (κ3) is 5.98. The van der Waals surface area contributed by atoms with Crippen molar-refractivity contribution in [2.24, 2.45) is 5.41 Å². The van der Waals surface area contributed by atoms with Crippen molar-refractivity contribution in [2.45, 2.75) is 76.9 Å². The lowest BCUT2D eigenvalue weighted by molar-refractivity contribution is -0.130. The summed E-state index contributed by atoms with van der Waals surface area (Å²) in [6.07, 6.45) is 6.16. The monoisotopic (exact) mass is 450 g/mol. The molecule has 1 saturated carbocycles. The number of carbonyl (C=O) groups is 2. The summed E-state index contributed by atoms with van der Waals surface area (Å²) in [5.41, 5.74) is -0.412. The number of hydrogen-bond donors (Lipinski definition) is 2. The molecule has 1 aliphatic carbocycles. The normalized spacial score (nSPS) is 22.8. The number of alkyl halides is 1. The summed E-state index contributed by atoms with van der Waals surface area (Å²) in [6, 6.07) is 1.32. The van der Waals surface area contributed by atoms with Gasteiger partial charge in [0.05, 0.1) is 19.2 Å². The van der Waals surface area contributed by atoms with Crippen molar-refractivity contribution in [3.8, 4) is 6.07 Å². The Bertz CT molecular complexity index is 804. The summed E-state index contributed by atoms with van der Waals surface area (Å²) in [5, 5.41) is 24.8. The van der Waals surface area contributed by atoms with E-state index in [2.05, 4.69) is 20.8 Å². The minimum Gasteiger partial charge on any atom is -0.323 e. The summed E-state index contributed by atoms with van der Waals surface area (Å²) < 4.78 is 13.5. The van der Waals surface area contributed by atoms with Gasteiger partial charge in [0.15, 0.2) is 0 Å². The summed E-state index contributed by atoms with van der Waals surface area (Å²) in [6.45, 7) is 2.67. The van der Waals surface area contributed by atoms with Gasteiger partial charge in [-0.2, -0.15) is 5.26 Å². The molecule has 3 rings (SSSR count). The minimum atomic E-state index is -1.13. The lowest BCUT2D eigenvalue weighted by atomic mass is 9.70. The number of likely N-dealkylation sites (tertiary alicyclic amines) is 1. The van der Waals surface area contributed by atoms with E-state index in [1.807, 2.05) is 13.0 Å². The number of amides is 2. The Hall–Kier alpha value is -2.12. The summed E-state index contributed by atoms with van der Waals surface area (Å²) in [7, 11) is 0. The van der Waals surface area contributed by atoms with E-state index >= 15 is 0 Å². The molecule has 0 spiro atoms. The first kappa shape index (κ1) is 23.5. The third-order valence-corrected chi connectivity index (χ3v) is 7.27. The number of nitrogens with zero attached hydrogens (tertiary/aromatic N) is 4. The second kappa shape index (κ2) is 11.0. The smallest absolute Gasteiger partial charge is 0.237 e. The molecule has 1 aromatic rings. The molecule has 1 aliphatic heterocycles. The van der Waals surface area contributed by atoms with Crippen LogP contribution in [-0.4, -0.2) is 58.8 Å². The van der Waals surface area contributed by atoms with E-state index in [1.54, 1.807) is 0 Å². The topological polar surface area (TPSA) is 111 Å². The van der Waals surface area contributed by atoms with E-state index < -0.39 is 17.6 Å². The molecule has 0 bridgehead atoms. The first-order valence-electron chi connectivity index (χ1n) is 11.1. The number of rotatable bonds is 9. The van der Waals surface area contributed by atoms with Crippen molar-refractivity contribution < 1.29 is 14.0 Å². The largest absolute Gasteiger partial charge is 0.323 e. The highest BCUT2D eigenvalue weighted by Crippen LogP contribution is 2.41. The zero-order valence-electron chi connectivity index (χ0n) is 18.0. The molecule has 0 aromatic carbocycles. The van der Waals surface area contributed by atoms with E-state index in [0.29, 0.717) is 11.7 Å². The van der Waals surface area contributed by atoms with Crippen molar-refractivity contribution in [1.82, 2.24) is 20.4 Å². The van der Waals surface area contributed by atoms with Crippen molar-refractivity contribution >= 4 is 28.3 Å². The number of carbonyl (C=O) groups excluding carboxylic acids is 2. The molecule has 10 heteroatoms. The predicted molar refractivity (Wildman–Crippen MR) is 116 cm³/mol. The molecule has 170 valence electrons. The Kier molecular flexibility index (Phi) is 8.32. The van der Waals surface area contributed by atoms with Crippen LogP contribution in [0.3, 0.4) is 0 Å². The fraction of sp³-hybridized carbons (Fsp3) is 0.762. The van der Waals surface area contributed by atoms with Gasteiger partial charge < -0.3 is 15.5 Å². The number of halogens is 1. The number of nitriles is 1. The molecule has 8 nitrogen and oxygen atoms in total. The second-order valence-electron chi connectivity index (χ2n) is 8.45. The van der Waals surface area contributed by atoms with Gasteiger partial charge in [0.1, 0.15) is 17.2 Å². The summed E-state index contributed by atoms with van der Waals surface area (Å²) in [5.74, 6) is -0.232. The van der Waals surface area contributed by atoms with Crippen LogP contribution in [0, 0.1) is 16.7 Å². The Morgan fingerprint density at radius 1 is 1.32 bits per heavy atom. The van der Waals surface area contributed by atoms with Crippen LogP contribution in [0.2, 0.25) is 0 Å². The number of nitrogens with one attached hydrogen (secondary N) is 2. The van der Waals surface area contributed by atoms with E-state index in [1.165, 1.54) is 16.2 Å². The molecule has 2 atom stereocenters. The van der Waals surface area contributed by atoms with Gasteiger partial charge in [0, 0.05) is 11.8 Å². The van der Waals surface area contributed by atoms with Crippen molar-refractivity contribution in [3.05, 3.63) is 5.01 Å². The number of anilines is 1. The van der Waals surface area contributed by atoms with Crippen LogP contribution in [0.1, 0.15) is 63.3 Å². The lowest BCUT2D eigenvalue weighted by Gasteiger charge is -2.35. The molecule has 2 fully saturated rings. The second-order valence-corrected chi connectivity index (χ2v) is 9.52. The van der Waals surface area contributed by atoms with Crippen LogP contribution in [0.5, 0.6) is 0 Å². The van der Waals surface area contributed by atoms with Gasteiger partial charge in [-0.15, -0.1) is 10.2 Å². The van der Waals surface area contributed by atoms with Gasteiger partial charge in [-0.3, -0.25) is 9.59 Å². The zero-order chi connectivity index (χ0) is 22.3. The number of aromatic nitrogens is 2. The fourth-order valence-corrected chi connectivity index (χ4v) is 5.20. The highest BCUT2D eigenvalue weighted by Gasteiger charge is 2.39. The van der Waals surface area contributed by atoms with E-state index in [0.717, 1.165) is 56.4 Å². The maximum atomic E-state index is 13.5. The SMILES string of the molecule is CCc1nnc(NC(=O)C2(CCCNCC(=O)N3CC(F)C[C@H]3C#N)CCCCC2)s1. The maximum Gasteiger partial charge on any atom is 0.237 e. The third-order valence-electron chi connectivity index (χ3n) is 6.29. The van der Waals surface area contributed by atoms with Gasteiger partial charge in [0.2, 0.25) is 16.9 Å². The van der Waals surface area contributed by atoms with Gasteiger partial charge in [-0.1, -0.05) is 37.5 Å². The van der Waals surface area contributed by atoms with Crippen molar-refractivity contribution in [3.63, 3.8) is 0 Å². The van der Waals surface area contributed by atoms with E-state index in [4.69, 9.17) is 5.26 Å². The number of aryl methyl sites for hydroxylation is 1. The molecule has 31 heavy (non-hydrogen) atoms. The van der Waals surface area contributed by atoms with Crippen LogP contribution in [-0.2, 0) is 16.0 Å². The first-order valence-corrected chi connectivity index (χ1v) is 12.0. The van der Waals surface area contributed by atoms with Crippen LogP contribution in [0.25, 0.3) is 0 Å². The number of hydrogen-bond acceptors (Lipinski definition) is 7. The minimum absolute atomic E-state index is 0.00657. The summed E-state index contributed by atoms with van der Waals surface area (Å²) >= 11 is 1.41.